The molecule has 0 saturated carbocycles. The predicted octanol–water partition coefficient (Wildman–Crippen LogP) is 4.12. The zero-order chi connectivity index (χ0) is 12.5. The first-order valence-electron chi connectivity index (χ1n) is 5.65. The Morgan fingerprint density at radius 3 is 2.71 bits per heavy atom. The van der Waals surface area contributed by atoms with Gasteiger partial charge in [-0.3, -0.25) is 0 Å². The van der Waals surface area contributed by atoms with Crippen molar-refractivity contribution in [3.05, 3.63) is 16.4 Å². The van der Waals surface area contributed by atoms with E-state index in [-0.39, 0.29) is 0 Å². The maximum Gasteiger partial charge on any atom is 0.174 e. The van der Waals surface area contributed by atoms with E-state index in [2.05, 4.69) is 21.8 Å². The van der Waals surface area contributed by atoms with Crippen molar-refractivity contribution in [3.63, 3.8) is 0 Å². The molecule has 0 aromatic carbocycles. The van der Waals surface area contributed by atoms with Crippen molar-refractivity contribution in [2.75, 3.05) is 23.9 Å². The maximum absolute atomic E-state index is 5.88. The number of aromatic nitrogens is 2. The van der Waals surface area contributed by atoms with E-state index in [9.17, 15) is 0 Å². The summed E-state index contributed by atoms with van der Waals surface area (Å²) in [6.45, 7) is 0.890. The minimum atomic E-state index is 0.358. The molecular formula is C11H17Cl2N3S. The van der Waals surface area contributed by atoms with E-state index < -0.39 is 0 Å². The predicted molar refractivity (Wildman–Crippen MR) is 77.4 cm³/mol. The number of hydrogen-bond donors (Lipinski definition) is 1. The highest BCUT2D eigenvalue weighted by Crippen LogP contribution is 2.20. The van der Waals surface area contributed by atoms with E-state index in [0.717, 1.165) is 18.7 Å². The standard InChI is InChI=1S/C11H17Cl2N3S/c1-17-7-5-3-2-4-6-14-9-8-10(12)15-16-11(9)13/h8H,2-7H2,1H3,(H,14,15). The molecule has 17 heavy (non-hydrogen) atoms. The summed E-state index contributed by atoms with van der Waals surface area (Å²) in [7, 11) is 0. The van der Waals surface area contributed by atoms with E-state index in [0.29, 0.717) is 10.3 Å². The highest BCUT2D eigenvalue weighted by molar-refractivity contribution is 7.98. The van der Waals surface area contributed by atoms with Crippen LogP contribution in [0.2, 0.25) is 10.3 Å². The summed E-state index contributed by atoms with van der Waals surface area (Å²) in [5.41, 5.74) is 0.760. The van der Waals surface area contributed by atoms with Crippen LogP contribution in [0.4, 0.5) is 5.69 Å². The summed E-state index contributed by atoms with van der Waals surface area (Å²) in [4.78, 5) is 0. The van der Waals surface area contributed by atoms with Crippen molar-refractivity contribution in [1.82, 2.24) is 10.2 Å². The molecule has 0 spiro atoms. The first-order chi connectivity index (χ1) is 8.24. The Morgan fingerprint density at radius 2 is 1.94 bits per heavy atom. The molecule has 1 heterocycles. The Balaban J connectivity index is 2.15. The molecule has 0 atom stereocenters. The van der Waals surface area contributed by atoms with Gasteiger partial charge in [0.1, 0.15) is 0 Å². The lowest BCUT2D eigenvalue weighted by molar-refractivity contribution is 0.689. The Bertz CT molecular complexity index is 336. The molecule has 0 fully saturated rings. The lowest BCUT2D eigenvalue weighted by Crippen LogP contribution is -2.03. The zero-order valence-electron chi connectivity index (χ0n) is 9.88. The second kappa shape index (κ2) is 8.84. The molecular weight excluding hydrogens is 277 g/mol. The maximum atomic E-state index is 5.88. The van der Waals surface area contributed by atoms with Gasteiger partial charge in [0.15, 0.2) is 10.3 Å². The molecule has 0 amide bonds. The van der Waals surface area contributed by atoms with Crippen LogP contribution < -0.4 is 5.32 Å². The van der Waals surface area contributed by atoms with Gasteiger partial charge in [0.25, 0.3) is 0 Å². The molecule has 1 rings (SSSR count). The van der Waals surface area contributed by atoms with Crippen molar-refractivity contribution >= 4 is 40.7 Å². The number of unbranched alkanes of at least 4 members (excludes halogenated alkanes) is 3. The van der Waals surface area contributed by atoms with Gasteiger partial charge in [0, 0.05) is 12.6 Å². The molecule has 96 valence electrons. The van der Waals surface area contributed by atoms with Crippen LogP contribution in [0.3, 0.4) is 0 Å². The van der Waals surface area contributed by atoms with Crippen LogP contribution in [-0.2, 0) is 0 Å². The summed E-state index contributed by atoms with van der Waals surface area (Å²) < 4.78 is 0. The number of rotatable bonds is 8. The zero-order valence-corrected chi connectivity index (χ0v) is 12.2. The van der Waals surface area contributed by atoms with E-state index in [1.54, 1.807) is 6.07 Å². The van der Waals surface area contributed by atoms with Crippen LogP contribution in [0.15, 0.2) is 6.07 Å². The SMILES string of the molecule is CSCCCCCCNc1cc(Cl)nnc1Cl. The normalized spacial score (nSPS) is 10.5. The summed E-state index contributed by atoms with van der Waals surface area (Å²) in [5.74, 6) is 1.25. The van der Waals surface area contributed by atoms with Gasteiger partial charge < -0.3 is 5.32 Å². The minimum absolute atomic E-state index is 0.358. The molecule has 1 aromatic rings. The average Bonchev–Trinajstić information content (AvgIpc) is 2.32. The summed E-state index contributed by atoms with van der Waals surface area (Å²) in [6, 6.07) is 1.70. The number of nitrogens with zero attached hydrogens (tertiary/aromatic N) is 2. The van der Waals surface area contributed by atoms with Crippen LogP contribution in [0, 0.1) is 0 Å². The lowest BCUT2D eigenvalue weighted by atomic mass is 10.2. The van der Waals surface area contributed by atoms with Crippen molar-refractivity contribution in [3.8, 4) is 0 Å². The summed E-state index contributed by atoms with van der Waals surface area (Å²) in [6.07, 6.45) is 7.09. The van der Waals surface area contributed by atoms with Crippen LogP contribution in [0.1, 0.15) is 25.7 Å². The second-order valence-corrected chi connectivity index (χ2v) is 5.44. The Morgan fingerprint density at radius 1 is 1.18 bits per heavy atom. The molecule has 0 aliphatic rings. The van der Waals surface area contributed by atoms with Crippen molar-refractivity contribution in [2.24, 2.45) is 0 Å². The molecule has 1 aromatic heterocycles. The van der Waals surface area contributed by atoms with Crippen molar-refractivity contribution in [1.29, 1.82) is 0 Å². The minimum Gasteiger partial charge on any atom is -0.382 e. The number of hydrogen-bond acceptors (Lipinski definition) is 4. The molecule has 1 N–H and O–H groups in total. The molecule has 3 nitrogen and oxygen atoms in total. The number of anilines is 1. The van der Waals surface area contributed by atoms with E-state index in [1.807, 2.05) is 11.8 Å². The van der Waals surface area contributed by atoms with Gasteiger partial charge in [-0.25, -0.2) is 0 Å². The molecule has 0 unspecified atom stereocenters. The molecule has 0 bridgehead atoms. The van der Waals surface area contributed by atoms with E-state index in [4.69, 9.17) is 23.2 Å². The fraction of sp³-hybridized carbons (Fsp3) is 0.636. The van der Waals surface area contributed by atoms with Crippen LogP contribution >= 0.6 is 35.0 Å². The van der Waals surface area contributed by atoms with Crippen molar-refractivity contribution in [2.45, 2.75) is 25.7 Å². The topological polar surface area (TPSA) is 37.8 Å². The van der Waals surface area contributed by atoms with E-state index >= 15 is 0 Å². The molecule has 0 aliphatic carbocycles. The van der Waals surface area contributed by atoms with Gasteiger partial charge >= 0.3 is 0 Å². The van der Waals surface area contributed by atoms with Crippen molar-refractivity contribution < 1.29 is 0 Å². The van der Waals surface area contributed by atoms with Gasteiger partial charge in [0.05, 0.1) is 5.69 Å². The fourth-order valence-corrected chi connectivity index (χ4v) is 2.22. The van der Waals surface area contributed by atoms with Gasteiger partial charge in [-0.1, -0.05) is 36.0 Å². The quantitative estimate of drug-likeness (QED) is 0.732. The Kier molecular flexibility index (Phi) is 7.73. The first-order valence-corrected chi connectivity index (χ1v) is 7.80. The third-order valence-electron chi connectivity index (χ3n) is 2.31. The highest BCUT2D eigenvalue weighted by Gasteiger charge is 2.02. The summed E-state index contributed by atoms with van der Waals surface area (Å²) >= 11 is 13.5. The first kappa shape index (κ1) is 14.9. The molecule has 6 heteroatoms. The van der Waals surface area contributed by atoms with Crippen LogP contribution in [-0.4, -0.2) is 28.8 Å². The van der Waals surface area contributed by atoms with Crippen LogP contribution in [0.25, 0.3) is 0 Å². The van der Waals surface area contributed by atoms with Gasteiger partial charge in [0.2, 0.25) is 0 Å². The fourth-order valence-electron chi connectivity index (χ4n) is 1.43. The van der Waals surface area contributed by atoms with E-state index in [1.165, 1.54) is 25.0 Å². The van der Waals surface area contributed by atoms with Gasteiger partial charge in [-0.05, 0) is 24.9 Å². The summed E-state index contributed by atoms with van der Waals surface area (Å²) in [5, 5.41) is 11.3. The van der Waals surface area contributed by atoms with Gasteiger partial charge in [-0.2, -0.15) is 11.8 Å². The second-order valence-electron chi connectivity index (χ2n) is 3.71. The third-order valence-corrected chi connectivity index (χ3v) is 3.47. The molecule has 0 aliphatic heterocycles. The molecule has 0 radical (unpaired) electrons. The molecule has 0 saturated heterocycles. The largest absolute Gasteiger partial charge is 0.382 e. The highest BCUT2D eigenvalue weighted by atomic mass is 35.5. The Hall–Kier alpha value is -0.190. The lowest BCUT2D eigenvalue weighted by Gasteiger charge is -2.07. The Labute approximate surface area is 117 Å². The number of thioether (sulfide) groups is 1. The monoisotopic (exact) mass is 293 g/mol. The van der Waals surface area contributed by atoms with Gasteiger partial charge in [-0.15, -0.1) is 10.2 Å². The third kappa shape index (κ3) is 6.34. The number of halogens is 2. The average molecular weight is 294 g/mol. The van der Waals surface area contributed by atoms with Crippen LogP contribution in [0.5, 0.6) is 0 Å². The smallest absolute Gasteiger partial charge is 0.174 e. The number of nitrogens with one attached hydrogen (secondary N) is 1.